The smallest absolute Gasteiger partial charge is 0.469 e. The molecule has 10 heteroatoms. The van der Waals surface area contributed by atoms with Crippen molar-refractivity contribution < 1.29 is 33.2 Å². The standard InChI is InChI=1S/C38H51BN2O7/c1-24(2)29(22-34(43)46-6)36(45)41-30(18-26-15-11-8-12-16-26)31(42)19-27(17-25-13-9-7-10-14-25)35(44)40-23-39-47-33-21-28-20-32(37(28,3)4)38(33,5)48-39/h7-16,24,27-30,32-33H,17-23H2,1-6H3,(H,40,44)(H,41,45)/t27-,28?,29+,30+,32+,33-,38+/m1/s1. The fourth-order valence-electron chi connectivity index (χ4n) is 8.18. The Morgan fingerprint density at radius 1 is 0.896 bits per heavy atom. The topological polar surface area (TPSA) is 120 Å². The highest BCUT2D eigenvalue weighted by Gasteiger charge is 2.67. The van der Waals surface area contributed by atoms with E-state index in [0.29, 0.717) is 18.3 Å². The zero-order valence-corrected chi connectivity index (χ0v) is 29.2. The van der Waals surface area contributed by atoms with Crippen LogP contribution < -0.4 is 10.6 Å². The highest BCUT2D eigenvalue weighted by atomic mass is 16.7. The average Bonchev–Trinajstić information content (AvgIpc) is 3.42. The molecule has 6 rings (SSSR count). The van der Waals surface area contributed by atoms with Crippen LogP contribution in [0.25, 0.3) is 0 Å². The van der Waals surface area contributed by atoms with Gasteiger partial charge in [-0.1, -0.05) is 88.4 Å². The lowest BCUT2D eigenvalue weighted by molar-refractivity contribution is -0.199. The predicted octanol–water partition coefficient (Wildman–Crippen LogP) is 4.75. The van der Waals surface area contributed by atoms with Crippen molar-refractivity contribution in [3.05, 3.63) is 71.8 Å². The lowest BCUT2D eigenvalue weighted by Crippen LogP contribution is -2.65. The zero-order valence-electron chi connectivity index (χ0n) is 29.2. The quantitative estimate of drug-likeness (QED) is 0.209. The summed E-state index contributed by atoms with van der Waals surface area (Å²) in [7, 11) is 0.735. The second kappa shape index (κ2) is 15.0. The van der Waals surface area contributed by atoms with Gasteiger partial charge in [0.25, 0.3) is 0 Å². The van der Waals surface area contributed by atoms with Crippen LogP contribution in [-0.4, -0.2) is 62.0 Å². The monoisotopic (exact) mass is 658 g/mol. The molecule has 2 bridgehead atoms. The average molecular weight is 659 g/mol. The van der Waals surface area contributed by atoms with Gasteiger partial charge in [0.2, 0.25) is 11.8 Å². The van der Waals surface area contributed by atoms with Crippen LogP contribution >= 0.6 is 0 Å². The van der Waals surface area contributed by atoms with Gasteiger partial charge in [0.05, 0.1) is 43.6 Å². The summed E-state index contributed by atoms with van der Waals surface area (Å²) in [5, 5.41) is 5.98. The summed E-state index contributed by atoms with van der Waals surface area (Å²) in [6.45, 7) is 10.5. The highest BCUT2D eigenvalue weighted by molar-refractivity contribution is 6.46. The van der Waals surface area contributed by atoms with Crippen molar-refractivity contribution in [2.24, 2.45) is 35.0 Å². The molecule has 1 heterocycles. The van der Waals surface area contributed by atoms with Gasteiger partial charge in [-0.15, -0.1) is 0 Å². The number of Topliss-reactive ketones (excluding diaryl/α,β-unsaturated/α-hetero) is 1. The number of ether oxygens (including phenoxy) is 1. The van der Waals surface area contributed by atoms with Gasteiger partial charge in [-0.25, -0.2) is 0 Å². The summed E-state index contributed by atoms with van der Waals surface area (Å²) in [5.41, 5.74) is 1.65. The van der Waals surface area contributed by atoms with Crippen molar-refractivity contribution >= 4 is 30.7 Å². The number of methoxy groups -OCH3 is 1. The maximum atomic E-state index is 14.1. The van der Waals surface area contributed by atoms with E-state index in [9.17, 15) is 19.2 Å². The van der Waals surface area contributed by atoms with Crippen LogP contribution in [-0.2, 0) is 46.1 Å². The molecule has 0 radical (unpaired) electrons. The molecule has 0 spiro atoms. The molecular formula is C38H51BN2O7. The molecule has 2 amide bonds. The third-order valence-corrected chi connectivity index (χ3v) is 11.3. The SMILES string of the molecule is COC(=O)C[C@H](C(=O)N[C@@H](Cc1ccccc1)C(=O)C[C@@H](Cc1ccccc1)C(=O)NCB1O[C@@H]2CC3C[C@@H](C3(C)C)[C@]2(C)O1)C(C)C. The number of rotatable bonds is 15. The molecular weight excluding hydrogens is 607 g/mol. The molecule has 4 aliphatic rings. The molecule has 1 saturated heterocycles. The van der Waals surface area contributed by atoms with Gasteiger partial charge in [-0.3, -0.25) is 19.2 Å². The van der Waals surface area contributed by atoms with Crippen LogP contribution in [0.3, 0.4) is 0 Å². The molecule has 2 aromatic rings. The van der Waals surface area contributed by atoms with Gasteiger partial charge in [-0.05, 0) is 66.9 Å². The van der Waals surface area contributed by atoms with E-state index >= 15 is 0 Å². The first kappa shape index (κ1) is 35.8. The molecule has 2 N–H and O–H groups in total. The van der Waals surface area contributed by atoms with E-state index in [4.69, 9.17) is 14.0 Å². The lowest BCUT2D eigenvalue weighted by Gasteiger charge is -2.64. The Bertz CT molecular complexity index is 1450. The number of ketones is 1. The van der Waals surface area contributed by atoms with Gasteiger partial charge >= 0.3 is 13.1 Å². The predicted molar refractivity (Wildman–Crippen MR) is 183 cm³/mol. The number of benzene rings is 2. The molecule has 9 nitrogen and oxygen atoms in total. The number of esters is 1. The number of hydrogen-bond acceptors (Lipinski definition) is 7. The van der Waals surface area contributed by atoms with Crippen molar-refractivity contribution in [1.82, 2.24) is 10.6 Å². The summed E-state index contributed by atoms with van der Waals surface area (Å²) < 4.78 is 17.7. The summed E-state index contributed by atoms with van der Waals surface area (Å²) in [5.74, 6) is -1.86. The van der Waals surface area contributed by atoms with Crippen LogP contribution in [0.15, 0.2) is 60.7 Å². The van der Waals surface area contributed by atoms with E-state index in [1.165, 1.54) is 7.11 Å². The van der Waals surface area contributed by atoms with Gasteiger partial charge in [0, 0.05) is 12.3 Å². The number of carbonyl (C=O) groups is 4. The van der Waals surface area contributed by atoms with Gasteiger partial charge in [0.1, 0.15) is 0 Å². The summed E-state index contributed by atoms with van der Waals surface area (Å²) >= 11 is 0. The van der Waals surface area contributed by atoms with Crippen molar-refractivity contribution in [3.8, 4) is 0 Å². The van der Waals surface area contributed by atoms with E-state index in [2.05, 4.69) is 31.4 Å². The molecule has 3 saturated carbocycles. The first-order chi connectivity index (χ1) is 22.8. The van der Waals surface area contributed by atoms with Crippen LogP contribution in [0.2, 0.25) is 0 Å². The largest absolute Gasteiger partial charge is 0.478 e. The van der Waals surface area contributed by atoms with Crippen LogP contribution in [0.4, 0.5) is 0 Å². The highest BCUT2D eigenvalue weighted by Crippen LogP contribution is 2.65. The molecule has 3 aliphatic carbocycles. The van der Waals surface area contributed by atoms with E-state index in [1.807, 2.05) is 74.5 Å². The van der Waals surface area contributed by atoms with Crippen molar-refractivity contribution in [2.45, 2.75) is 90.9 Å². The molecule has 4 fully saturated rings. The van der Waals surface area contributed by atoms with Gasteiger partial charge < -0.3 is 24.7 Å². The molecule has 0 aromatic heterocycles. The fraction of sp³-hybridized carbons (Fsp3) is 0.579. The van der Waals surface area contributed by atoms with E-state index in [1.54, 1.807) is 0 Å². The third kappa shape index (κ3) is 7.86. The van der Waals surface area contributed by atoms with E-state index in [0.717, 1.165) is 24.0 Å². The van der Waals surface area contributed by atoms with Crippen LogP contribution in [0, 0.1) is 35.0 Å². The Hall–Kier alpha value is -3.50. The molecule has 1 aliphatic heterocycles. The summed E-state index contributed by atoms with van der Waals surface area (Å²) in [6.07, 6.45) is 2.75. The van der Waals surface area contributed by atoms with Crippen molar-refractivity contribution in [3.63, 3.8) is 0 Å². The Balaban J connectivity index is 1.29. The summed E-state index contributed by atoms with van der Waals surface area (Å²) in [6, 6.07) is 18.2. The Morgan fingerprint density at radius 3 is 2.10 bits per heavy atom. The Morgan fingerprint density at radius 2 is 1.52 bits per heavy atom. The Kier molecular flexibility index (Phi) is 11.2. The minimum absolute atomic E-state index is 0.00840. The molecule has 2 aromatic carbocycles. The molecule has 1 unspecified atom stereocenters. The number of nitrogens with one attached hydrogen (secondary N) is 2. The molecule has 258 valence electrons. The Labute approximate surface area is 285 Å². The van der Waals surface area contributed by atoms with Gasteiger partial charge in [0.15, 0.2) is 5.78 Å². The lowest BCUT2D eigenvalue weighted by atomic mass is 9.43. The van der Waals surface area contributed by atoms with Gasteiger partial charge in [-0.2, -0.15) is 0 Å². The van der Waals surface area contributed by atoms with Crippen LogP contribution in [0.5, 0.6) is 0 Å². The number of hydrogen-bond donors (Lipinski definition) is 2. The van der Waals surface area contributed by atoms with E-state index < -0.39 is 31.0 Å². The second-order valence-corrected chi connectivity index (χ2v) is 15.1. The first-order valence-corrected chi connectivity index (χ1v) is 17.4. The second-order valence-electron chi connectivity index (χ2n) is 15.1. The molecule has 7 atom stereocenters. The normalized spacial score (nSPS) is 25.6. The van der Waals surface area contributed by atoms with Crippen molar-refractivity contribution in [2.75, 3.05) is 13.6 Å². The fourth-order valence-corrected chi connectivity index (χ4v) is 8.18. The summed E-state index contributed by atoms with van der Waals surface area (Å²) in [4.78, 5) is 53.6. The first-order valence-electron chi connectivity index (χ1n) is 17.4. The third-order valence-electron chi connectivity index (χ3n) is 11.3. The maximum Gasteiger partial charge on any atom is 0.478 e. The number of carbonyl (C=O) groups excluding carboxylic acids is 4. The zero-order chi connectivity index (χ0) is 34.6. The molecule has 48 heavy (non-hydrogen) atoms. The maximum absolute atomic E-state index is 14.1. The minimum Gasteiger partial charge on any atom is -0.469 e. The minimum atomic E-state index is -0.885. The van der Waals surface area contributed by atoms with Crippen LogP contribution in [0.1, 0.15) is 71.4 Å². The number of amides is 2. The van der Waals surface area contributed by atoms with Crippen molar-refractivity contribution in [1.29, 1.82) is 0 Å². The van der Waals surface area contributed by atoms with E-state index in [-0.39, 0.29) is 66.3 Å².